The molecule has 1 N–H and O–H groups in total. The number of benzene rings is 2. The summed E-state index contributed by atoms with van der Waals surface area (Å²) in [6.45, 7) is 1.90. The molecule has 1 heterocycles. The number of sulfonamides is 1. The number of fused-ring (bicyclic) bond motifs is 1. The minimum Gasteiger partial charge on any atom is -0.486 e. The zero-order valence-corrected chi connectivity index (χ0v) is 14.3. The number of nitrogens with zero attached hydrogens (tertiary/aromatic N) is 1. The van der Waals surface area contributed by atoms with Gasteiger partial charge in [-0.3, -0.25) is 9.10 Å². The third kappa shape index (κ3) is 3.53. The highest BCUT2D eigenvalue weighted by Crippen LogP contribution is 2.34. The topological polar surface area (TPSA) is 93.1 Å². The maximum absolute atomic E-state index is 13.0. The second-order valence-corrected chi connectivity index (χ2v) is 7.41. The molecule has 0 aromatic heterocycles. The molecule has 8 heteroatoms. The van der Waals surface area contributed by atoms with E-state index in [1.807, 2.05) is 6.92 Å². The Morgan fingerprint density at radius 2 is 1.72 bits per heavy atom. The summed E-state index contributed by atoms with van der Waals surface area (Å²) in [4.78, 5) is 11.2. The number of rotatable bonds is 5. The molecule has 132 valence electrons. The van der Waals surface area contributed by atoms with Gasteiger partial charge in [-0.1, -0.05) is 17.7 Å². The van der Waals surface area contributed by atoms with Crippen LogP contribution in [0.15, 0.2) is 47.4 Å². The van der Waals surface area contributed by atoms with Crippen molar-refractivity contribution >= 4 is 21.7 Å². The van der Waals surface area contributed by atoms with Gasteiger partial charge in [-0.15, -0.1) is 0 Å². The molecule has 0 radical (unpaired) electrons. The van der Waals surface area contributed by atoms with Crippen LogP contribution in [0.5, 0.6) is 11.5 Å². The van der Waals surface area contributed by atoms with Crippen molar-refractivity contribution in [2.45, 2.75) is 11.8 Å². The third-order valence-electron chi connectivity index (χ3n) is 3.70. The molecule has 7 nitrogen and oxygen atoms in total. The van der Waals surface area contributed by atoms with E-state index in [9.17, 15) is 13.2 Å². The van der Waals surface area contributed by atoms with Crippen molar-refractivity contribution < 1.29 is 27.8 Å². The molecule has 3 rings (SSSR count). The number of carbonyl (C=O) groups is 1. The summed E-state index contributed by atoms with van der Waals surface area (Å²) < 4.78 is 37.7. The van der Waals surface area contributed by atoms with E-state index < -0.39 is 22.5 Å². The summed E-state index contributed by atoms with van der Waals surface area (Å²) in [5.74, 6) is -0.460. The van der Waals surface area contributed by atoms with Crippen molar-refractivity contribution in [1.82, 2.24) is 0 Å². The van der Waals surface area contributed by atoms with Crippen molar-refractivity contribution in [3.63, 3.8) is 0 Å². The van der Waals surface area contributed by atoms with Crippen molar-refractivity contribution in [1.29, 1.82) is 0 Å². The van der Waals surface area contributed by atoms with E-state index in [0.29, 0.717) is 24.7 Å². The van der Waals surface area contributed by atoms with Gasteiger partial charge in [-0.05, 0) is 31.2 Å². The fraction of sp³-hybridized carbons (Fsp3) is 0.235. The second-order valence-electron chi connectivity index (χ2n) is 5.55. The summed E-state index contributed by atoms with van der Waals surface area (Å²) >= 11 is 0. The predicted molar refractivity (Wildman–Crippen MR) is 90.8 cm³/mol. The SMILES string of the molecule is Cc1ccc(N(CC(=O)O)S(=O)(=O)c2ccc3c(c2)OCCO3)cc1. The maximum Gasteiger partial charge on any atom is 0.324 e. The highest BCUT2D eigenvalue weighted by Gasteiger charge is 2.28. The van der Waals surface area contributed by atoms with Gasteiger partial charge in [0, 0.05) is 6.07 Å². The number of ether oxygens (including phenoxy) is 2. The molecule has 0 aliphatic carbocycles. The number of hydrogen-bond acceptors (Lipinski definition) is 5. The molecule has 1 aliphatic rings. The minimum atomic E-state index is -4.08. The van der Waals surface area contributed by atoms with Gasteiger partial charge >= 0.3 is 5.97 Å². The van der Waals surface area contributed by atoms with Crippen molar-refractivity contribution in [3.05, 3.63) is 48.0 Å². The van der Waals surface area contributed by atoms with Crippen molar-refractivity contribution in [2.24, 2.45) is 0 Å². The Morgan fingerprint density at radius 3 is 2.36 bits per heavy atom. The lowest BCUT2D eigenvalue weighted by atomic mass is 10.2. The molecular formula is C17H17NO6S. The van der Waals surface area contributed by atoms with Gasteiger partial charge in [0.15, 0.2) is 11.5 Å². The molecule has 0 amide bonds. The Bertz CT molecular complexity index is 892. The second kappa shape index (κ2) is 6.64. The van der Waals surface area contributed by atoms with Crippen LogP contribution in [0, 0.1) is 6.92 Å². The molecular weight excluding hydrogens is 346 g/mol. The van der Waals surface area contributed by atoms with E-state index in [0.717, 1.165) is 9.87 Å². The number of carboxylic acids is 1. The standard InChI is InChI=1S/C17H17NO6S/c1-12-2-4-13(5-3-12)18(11-17(19)20)25(21,22)14-6-7-15-16(10-14)24-9-8-23-15/h2-7,10H,8-9,11H2,1H3,(H,19,20). The molecule has 25 heavy (non-hydrogen) atoms. The number of aliphatic carboxylic acids is 1. The zero-order chi connectivity index (χ0) is 18.0. The Morgan fingerprint density at radius 1 is 1.08 bits per heavy atom. The quantitative estimate of drug-likeness (QED) is 0.874. The van der Waals surface area contributed by atoms with Crippen LogP contribution in [0.2, 0.25) is 0 Å². The minimum absolute atomic E-state index is 0.0569. The van der Waals surface area contributed by atoms with E-state index in [1.54, 1.807) is 24.3 Å². The number of anilines is 1. The van der Waals surface area contributed by atoms with E-state index in [4.69, 9.17) is 14.6 Å². The number of carboxylic acid groups (broad SMARTS) is 1. The smallest absolute Gasteiger partial charge is 0.324 e. The lowest BCUT2D eigenvalue weighted by Crippen LogP contribution is -2.35. The molecule has 2 aromatic rings. The highest BCUT2D eigenvalue weighted by molar-refractivity contribution is 7.92. The Balaban J connectivity index is 2.04. The van der Waals surface area contributed by atoms with E-state index in [-0.39, 0.29) is 10.6 Å². The van der Waals surface area contributed by atoms with E-state index in [2.05, 4.69) is 0 Å². The fourth-order valence-corrected chi connectivity index (χ4v) is 3.89. The molecule has 0 atom stereocenters. The van der Waals surface area contributed by atoms with Crippen LogP contribution in [0.4, 0.5) is 5.69 Å². The first-order chi connectivity index (χ1) is 11.9. The Labute approximate surface area is 145 Å². The largest absolute Gasteiger partial charge is 0.486 e. The molecule has 0 fully saturated rings. The van der Waals surface area contributed by atoms with Gasteiger partial charge in [-0.2, -0.15) is 0 Å². The molecule has 0 bridgehead atoms. The van der Waals surface area contributed by atoms with Gasteiger partial charge < -0.3 is 14.6 Å². The first kappa shape index (κ1) is 17.1. The lowest BCUT2D eigenvalue weighted by Gasteiger charge is -2.24. The zero-order valence-electron chi connectivity index (χ0n) is 13.5. The molecule has 0 saturated carbocycles. The van der Waals surface area contributed by atoms with Crippen LogP contribution in [-0.2, 0) is 14.8 Å². The first-order valence-corrected chi connectivity index (χ1v) is 9.03. The van der Waals surface area contributed by atoms with Crippen molar-refractivity contribution in [2.75, 3.05) is 24.1 Å². The summed E-state index contributed by atoms with van der Waals surface area (Å²) in [6.07, 6.45) is 0. The molecule has 0 unspecified atom stereocenters. The molecule has 2 aromatic carbocycles. The lowest BCUT2D eigenvalue weighted by molar-refractivity contribution is -0.135. The summed E-state index contributed by atoms with van der Waals surface area (Å²) in [5.41, 5.74) is 1.22. The van der Waals surface area contributed by atoms with Gasteiger partial charge in [0.25, 0.3) is 10.0 Å². The normalized spacial score (nSPS) is 13.3. The average molecular weight is 363 g/mol. The van der Waals surface area contributed by atoms with Crippen LogP contribution >= 0.6 is 0 Å². The van der Waals surface area contributed by atoms with Crippen LogP contribution in [0.3, 0.4) is 0 Å². The summed E-state index contributed by atoms with van der Waals surface area (Å²) in [7, 11) is -4.08. The Hall–Kier alpha value is -2.74. The fourth-order valence-electron chi connectivity index (χ4n) is 2.46. The molecule has 0 spiro atoms. The average Bonchev–Trinajstić information content (AvgIpc) is 2.60. The van der Waals surface area contributed by atoms with Crippen molar-refractivity contribution in [3.8, 4) is 11.5 Å². The van der Waals surface area contributed by atoms with Gasteiger partial charge in [0.2, 0.25) is 0 Å². The van der Waals surface area contributed by atoms with Gasteiger partial charge in [0.1, 0.15) is 19.8 Å². The molecule has 1 aliphatic heterocycles. The van der Waals surface area contributed by atoms with E-state index >= 15 is 0 Å². The summed E-state index contributed by atoms with van der Waals surface area (Å²) in [6, 6.07) is 10.9. The first-order valence-electron chi connectivity index (χ1n) is 7.59. The number of aryl methyl sites for hydroxylation is 1. The highest BCUT2D eigenvalue weighted by atomic mass is 32.2. The van der Waals surface area contributed by atoms with Crippen LogP contribution in [0.1, 0.15) is 5.56 Å². The van der Waals surface area contributed by atoms with Crippen LogP contribution < -0.4 is 13.8 Å². The van der Waals surface area contributed by atoms with Crippen LogP contribution in [-0.4, -0.2) is 39.3 Å². The van der Waals surface area contributed by atoms with Gasteiger partial charge in [0.05, 0.1) is 10.6 Å². The van der Waals surface area contributed by atoms with E-state index in [1.165, 1.54) is 18.2 Å². The maximum atomic E-state index is 13.0. The van der Waals surface area contributed by atoms with Gasteiger partial charge in [-0.25, -0.2) is 8.42 Å². The third-order valence-corrected chi connectivity index (χ3v) is 5.47. The molecule has 0 saturated heterocycles. The predicted octanol–water partition coefficient (Wildman–Crippen LogP) is 2.05. The summed E-state index contributed by atoms with van der Waals surface area (Å²) in [5, 5.41) is 9.15. The number of hydrogen-bond donors (Lipinski definition) is 1. The van der Waals surface area contributed by atoms with Crippen LogP contribution in [0.25, 0.3) is 0 Å². The monoisotopic (exact) mass is 363 g/mol. The Kier molecular flexibility index (Phi) is 4.54.